The number of hydrogen-bond acceptors (Lipinski definition) is 6. The Morgan fingerprint density at radius 1 is 1.41 bits per heavy atom. The SMILES string of the molecule is [2H]C1(c2ccc(Cl)cc2)OC(N)=C(OS(=O)(=O)CCCC)C1=O. The van der Waals surface area contributed by atoms with Crippen LogP contribution in [-0.2, 0) is 23.8 Å². The van der Waals surface area contributed by atoms with E-state index in [9.17, 15) is 13.2 Å². The van der Waals surface area contributed by atoms with Crippen LogP contribution in [-0.4, -0.2) is 20.0 Å². The largest absolute Gasteiger partial charge is 0.460 e. The topological polar surface area (TPSA) is 95.7 Å². The molecule has 1 heterocycles. The summed E-state index contributed by atoms with van der Waals surface area (Å²) in [6.45, 7) is 1.82. The van der Waals surface area contributed by atoms with Gasteiger partial charge in [0, 0.05) is 10.6 Å². The number of nitrogens with two attached hydrogens (primary N) is 1. The number of ketones is 1. The summed E-state index contributed by atoms with van der Waals surface area (Å²) < 4.78 is 41.7. The minimum Gasteiger partial charge on any atom is -0.460 e. The van der Waals surface area contributed by atoms with Gasteiger partial charge in [0.2, 0.25) is 17.4 Å². The van der Waals surface area contributed by atoms with Crippen molar-refractivity contribution < 1.29 is 23.5 Å². The van der Waals surface area contributed by atoms with Crippen molar-refractivity contribution in [1.29, 1.82) is 0 Å². The molecule has 6 nitrogen and oxygen atoms in total. The van der Waals surface area contributed by atoms with Crippen LogP contribution in [0.2, 0.25) is 5.02 Å². The fraction of sp³-hybridized carbons (Fsp3) is 0.357. The molecule has 0 saturated heterocycles. The summed E-state index contributed by atoms with van der Waals surface area (Å²) in [6.07, 6.45) is -1.16. The van der Waals surface area contributed by atoms with Crippen molar-refractivity contribution in [3.05, 3.63) is 46.5 Å². The van der Waals surface area contributed by atoms with E-state index >= 15 is 0 Å². The van der Waals surface area contributed by atoms with Crippen LogP contribution in [0.25, 0.3) is 0 Å². The first-order valence-electron chi connectivity index (χ1n) is 7.11. The molecule has 2 rings (SSSR count). The Morgan fingerprint density at radius 3 is 2.64 bits per heavy atom. The molecule has 22 heavy (non-hydrogen) atoms. The molecule has 8 heteroatoms. The first-order chi connectivity index (χ1) is 10.7. The summed E-state index contributed by atoms with van der Waals surface area (Å²) in [6, 6.07) is 5.82. The van der Waals surface area contributed by atoms with Gasteiger partial charge in [-0.05, 0) is 18.6 Å². The molecule has 120 valence electrons. The van der Waals surface area contributed by atoms with Crippen molar-refractivity contribution >= 4 is 27.5 Å². The zero-order valence-electron chi connectivity index (χ0n) is 12.8. The molecule has 0 aromatic heterocycles. The summed E-state index contributed by atoms with van der Waals surface area (Å²) >= 11 is 5.77. The lowest BCUT2D eigenvalue weighted by Gasteiger charge is -2.09. The van der Waals surface area contributed by atoms with Crippen molar-refractivity contribution in [3.63, 3.8) is 0 Å². The lowest BCUT2D eigenvalue weighted by molar-refractivity contribution is -0.123. The molecule has 0 bridgehead atoms. The monoisotopic (exact) mass is 346 g/mol. The number of unbranched alkanes of at least 4 members (excludes halogenated alkanes) is 1. The van der Waals surface area contributed by atoms with E-state index < -0.39 is 33.6 Å². The molecule has 2 N–H and O–H groups in total. The van der Waals surface area contributed by atoms with E-state index in [1.165, 1.54) is 24.3 Å². The Hall–Kier alpha value is -1.73. The third-order valence-corrected chi connectivity index (χ3v) is 4.37. The molecule has 0 aliphatic carbocycles. The fourth-order valence-corrected chi connectivity index (χ4v) is 3.04. The molecule has 1 unspecified atom stereocenters. The minimum absolute atomic E-state index is 0.166. The Kier molecular flexibility index (Phi) is 4.54. The highest BCUT2D eigenvalue weighted by atomic mass is 35.5. The molecular formula is C14H16ClNO5S. The van der Waals surface area contributed by atoms with Gasteiger partial charge >= 0.3 is 10.1 Å². The second kappa shape index (κ2) is 6.58. The normalized spacial score (nSPS) is 22.5. The van der Waals surface area contributed by atoms with E-state index in [1.54, 1.807) is 0 Å². The molecule has 1 aliphatic rings. The first-order valence-corrected chi connectivity index (χ1v) is 8.57. The van der Waals surface area contributed by atoms with Gasteiger partial charge in [-0.1, -0.05) is 37.1 Å². The van der Waals surface area contributed by atoms with Gasteiger partial charge in [0.1, 0.15) is 0 Å². The van der Waals surface area contributed by atoms with E-state index in [0.29, 0.717) is 17.9 Å². The average Bonchev–Trinajstić information content (AvgIpc) is 2.70. The van der Waals surface area contributed by atoms with E-state index in [0.717, 1.165) is 0 Å². The van der Waals surface area contributed by atoms with Crippen molar-refractivity contribution in [1.82, 2.24) is 0 Å². The maximum atomic E-state index is 12.4. The van der Waals surface area contributed by atoms with Crippen molar-refractivity contribution in [2.24, 2.45) is 5.73 Å². The number of rotatable bonds is 6. The highest BCUT2D eigenvalue weighted by Crippen LogP contribution is 2.32. The Bertz CT molecular complexity index is 747. The number of carbonyl (C=O) groups is 1. The highest BCUT2D eigenvalue weighted by molar-refractivity contribution is 7.86. The van der Waals surface area contributed by atoms with Crippen LogP contribution >= 0.6 is 11.6 Å². The van der Waals surface area contributed by atoms with E-state index in [1.807, 2.05) is 6.92 Å². The standard InChI is InChI=1S/C14H16ClNO5S/c1-2-3-8-22(18,19)21-13-11(17)12(20-14(13)16)9-4-6-10(15)7-5-9/h4-7,12H,2-3,8,16H2,1H3/i12D. The van der Waals surface area contributed by atoms with E-state index in [-0.39, 0.29) is 11.3 Å². The van der Waals surface area contributed by atoms with Gasteiger partial charge in [-0.3, -0.25) is 4.79 Å². The third kappa shape index (κ3) is 3.72. The Morgan fingerprint density at radius 2 is 2.05 bits per heavy atom. The van der Waals surface area contributed by atoms with Gasteiger partial charge in [-0.25, -0.2) is 0 Å². The van der Waals surface area contributed by atoms with Gasteiger partial charge in [-0.2, -0.15) is 8.42 Å². The minimum atomic E-state index is -3.98. The zero-order valence-corrected chi connectivity index (χ0v) is 13.4. The van der Waals surface area contributed by atoms with E-state index in [2.05, 4.69) is 0 Å². The van der Waals surface area contributed by atoms with Gasteiger partial charge < -0.3 is 14.7 Å². The second-order valence-corrected chi connectivity index (χ2v) is 6.79. The van der Waals surface area contributed by atoms with Gasteiger partial charge in [0.25, 0.3) is 0 Å². The molecule has 0 spiro atoms. The van der Waals surface area contributed by atoms with Gasteiger partial charge in [0.05, 0.1) is 7.12 Å². The number of hydrogen-bond donors (Lipinski definition) is 1. The molecular weight excluding hydrogens is 330 g/mol. The second-order valence-electron chi connectivity index (χ2n) is 4.66. The van der Waals surface area contributed by atoms with Gasteiger partial charge in [0.15, 0.2) is 6.08 Å². The van der Waals surface area contributed by atoms with Gasteiger partial charge in [-0.15, -0.1) is 0 Å². The van der Waals surface area contributed by atoms with E-state index in [4.69, 9.17) is 27.6 Å². The molecule has 1 aromatic rings. The van der Waals surface area contributed by atoms with Crippen LogP contribution in [0.1, 0.15) is 32.8 Å². The number of ether oxygens (including phenoxy) is 1. The van der Waals surface area contributed by atoms with Crippen LogP contribution in [0.15, 0.2) is 35.9 Å². The molecule has 1 aromatic carbocycles. The first kappa shape index (κ1) is 15.2. The number of Topliss-reactive ketones (excluding diaryl/α,β-unsaturated/α-hetero) is 1. The molecule has 0 radical (unpaired) electrons. The summed E-state index contributed by atoms with van der Waals surface area (Å²) in [4.78, 5) is 12.4. The zero-order chi connectivity index (χ0) is 17.3. The predicted molar refractivity (Wildman–Crippen MR) is 81.3 cm³/mol. The smallest absolute Gasteiger partial charge is 0.309 e. The highest BCUT2D eigenvalue weighted by Gasteiger charge is 2.39. The average molecular weight is 347 g/mol. The molecule has 0 fully saturated rings. The molecule has 0 saturated carbocycles. The number of benzene rings is 1. The molecule has 1 atom stereocenters. The Labute approximate surface area is 135 Å². The quantitative estimate of drug-likeness (QED) is 0.794. The predicted octanol–water partition coefficient (Wildman–Crippen LogP) is 2.25. The van der Waals surface area contributed by atoms with Crippen LogP contribution < -0.4 is 5.73 Å². The number of halogens is 1. The summed E-state index contributed by atoms with van der Waals surface area (Å²) in [7, 11) is -3.98. The van der Waals surface area contributed by atoms with Crippen LogP contribution in [0.4, 0.5) is 0 Å². The lowest BCUT2D eigenvalue weighted by Crippen LogP contribution is -2.17. The fourth-order valence-electron chi connectivity index (χ4n) is 1.78. The maximum absolute atomic E-state index is 12.4. The van der Waals surface area contributed by atoms with Crippen molar-refractivity contribution in [2.45, 2.75) is 25.8 Å². The lowest BCUT2D eigenvalue weighted by atomic mass is 10.1. The summed E-state index contributed by atoms with van der Waals surface area (Å²) in [5.74, 6) is -2.41. The van der Waals surface area contributed by atoms with Crippen LogP contribution in [0.5, 0.6) is 0 Å². The Balaban J connectivity index is 2.26. The summed E-state index contributed by atoms with van der Waals surface area (Å²) in [5.41, 5.74) is 5.72. The molecule has 1 aliphatic heterocycles. The third-order valence-electron chi connectivity index (χ3n) is 2.91. The van der Waals surface area contributed by atoms with Crippen molar-refractivity contribution in [2.75, 3.05) is 5.75 Å². The molecule has 0 amide bonds. The van der Waals surface area contributed by atoms with Crippen LogP contribution in [0, 0.1) is 0 Å². The van der Waals surface area contributed by atoms with Crippen LogP contribution in [0.3, 0.4) is 0 Å². The van der Waals surface area contributed by atoms with Crippen molar-refractivity contribution in [3.8, 4) is 0 Å². The summed E-state index contributed by atoms with van der Waals surface area (Å²) in [5, 5.41) is 0.419. The maximum Gasteiger partial charge on any atom is 0.309 e. The number of carbonyl (C=O) groups excluding carboxylic acids is 1.